The van der Waals surface area contributed by atoms with E-state index in [0.29, 0.717) is 38.6 Å². The van der Waals surface area contributed by atoms with E-state index in [4.69, 9.17) is 4.74 Å². The van der Waals surface area contributed by atoms with Crippen LogP contribution in [0.3, 0.4) is 0 Å². The number of nitrogens with one attached hydrogen (secondary N) is 3. The van der Waals surface area contributed by atoms with Gasteiger partial charge in [-0.3, -0.25) is 14.4 Å². The maximum absolute atomic E-state index is 13.1. The molecular formula is C25H32N4O5S. The average Bonchev–Trinajstić information content (AvgIpc) is 3.27. The number of Topliss-reactive ketones (excluding diaryl/α,β-unsaturated/α-hetero) is 1. The lowest BCUT2D eigenvalue weighted by atomic mass is 10.0. The lowest BCUT2D eigenvalue weighted by Gasteiger charge is -2.23. The van der Waals surface area contributed by atoms with E-state index >= 15 is 0 Å². The van der Waals surface area contributed by atoms with E-state index in [9.17, 15) is 19.2 Å². The van der Waals surface area contributed by atoms with E-state index in [2.05, 4.69) is 20.9 Å². The van der Waals surface area contributed by atoms with E-state index in [1.165, 1.54) is 11.3 Å². The van der Waals surface area contributed by atoms with Gasteiger partial charge in [0.1, 0.15) is 12.6 Å². The van der Waals surface area contributed by atoms with Gasteiger partial charge in [0.2, 0.25) is 11.7 Å². The van der Waals surface area contributed by atoms with Crippen molar-refractivity contribution in [1.82, 2.24) is 20.9 Å². The van der Waals surface area contributed by atoms with E-state index in [-0.39, 0.29) is 12.5 Å². The van der Waals surface area contributed by atoms with Crippen LogP contribution in [0.2, 0.25) is 0 Å². The summed E-state index contributed by atoms with van der Waals surface area (Å²) in [6.07, 6.45) is 1.77. The summed E-state index contributed by atoms with van der Waals surface area (Å²) in [4.78, 5) is 56.2. The van der Waals surface area contributed by atoms with Crippen molar-refractivity contribution >= 4 is 35.0 Å². The third-order valence-electron chi connectivity index (χ3n) is 5.65. The number of hydrogen-bond acceptors (Lipinski definition) is 7. The summed E-state index contributed by atoms with van der Waals surface area (Å²) in [7, 11) is 0. The van der Waals surface area contributed by atoms with Crippen molar-refractivity contribution in [2.24, 2.45) is 5.92 Å². The minimum Gasteiger partial charge on any atom is -0.445 e. The number of ketones is 1. The third-order valence-corrected chi connectivity index (χ3v) is 6.59. The van der Waals surface area contributed by atoms with Crippen molar-refractivity contribution in [2.45, 2.75) is 64.6 Å². The lowest BCUT2D eigenvalue weighted by molar-refractivity contribution is -0.140. The molecule has 2 unspecified atom stereocenters. The Morgan fingerprint density at radius 3 is 2.71 bits per heavy atom. The Hall–Kier alpha value is -3.27. The van der Waals surface area contributed by atoms with Crippen LogP contribution in [0.15, 0.2) is 35.8 Å². The molecule has 1 aromatic heterocycles. The first-order valence-corrected chi connectivity index (χ1v) is 12.7. The highest BCUT2D eigenvalue weighted by atomic mass is 32.1. The van der Waals surface area contributed by atoms with Gasteiger partial charge in [0.15, 0.2) is 0 Å². The third kappa shape index (κ3) is 8.17. The number of carbonyl (C=O) groups excluding carboxylic acids is 4. The van der Waals surface area contributed by atoms with Crippen molar-refractivity contribution < 1.29 is 23.9 Å². The molecule has 3 N–H and O–H groups in total. The smallest absolute Gasteiger partial charge is 0.408 e. The van der Waals surface area contributed by atoms with Crippen LogP contribution < -0.4 is 16.0 Å². The average molecular weight is 501 g/mol. The van der Waals surface area contributed by atoms with Crippen molar-refractivity contribution in [3.63, 3.8) is 0 Å². The fourth-order valence-electron chi connectivity index (χ4n) is 3.86. The maximum Gasteiger partial charge on any atom is 0.408 e. The normalized spacial score (nSPS) is 17.5. The summed E-state index contributed by atoms with van der Waals surface area (Å²) in [6, 6.07) is 7.32. The Morgan fingerprint density at radius 1 is 1.20 bits per heavy atom. The van der Waals surface area contributed by atoms with Crippen LogP contribution in [-0.2, 0) is 38.6 Å². The summed E-state index contributed by atoms with van der Waals surface area (Å²) in [6.45, 7) is 4.25. The number of carbonyl (C=O) groups is 4. The van der Waals surface area contributed by atoms with Gasteiger partial charge < -0.3 is 20.7 Å². The fourth-order valence-corrected chi connectivity index (χ4v) is 4.68. The molecule has 35 heavy (non-hydrogen) atoms. The van der Waals surface area contributed by atoms with Crippen LogP contribution in [-0.4, -0.2) is 47.3 Å². The van der Waals surface area contributed by atoms with E-state index in [1.807, 2.05) is 44.2 Å². The minimum absolute atomic E-state index is 0.0720. The number of benzene rings is 1. The molecule has 0 fully saturated rings. The van der Waals surface area contributed by atoms with Crippen LogP contribution in [0.25, 0.3) is 0 Å². The standard InChI is InChI=1S/C25H32N4O5S/c1-16(2)13-20(29-25(33)34-14-17-7-4-3-5-8-17)23(31)28-19-10-6-9-18-21(35-15-27-18)11-12-26-24(32)22(19)30/h3-5,7-8,15-16,19-20H,6,9-14H2,1-2H3,(H,26,32)(H,28,31)(H,29,33). The van der Waals surface area contributed by atoms with E-state index < -0.39 is 35.8 Å². The van der Waals surface area contributed by atoms with Gasteiger partial charge in [0.25, 0.3) is 5.91 Å². The second-order valence-corrected chi connectivity index (χ2v) is 9.87. The molecule has 2 aromatic rings. The molecule has 0 bridgehead atoms. The summed E-state index contributed by atoms with van der Waals surface area (Å²) in [5.74, 6) is -1.84. The molecule has 3 rings (SSSR count). The van der Waals surface area contributed by atoms with Gasteiger partial charge in [-0.05, 0) is 37.2 Å². The Morgan fingerprint density at radius 2 is 1.97 bits per heavy atom. The van der Waals surface area contributed by atoms with Gasteiger partial charge >= 0.3 is 6.09 Å². The molecule has 1 aliphatic rings. The highest BCUT2D eigenvalue weighted by Gasteiger charge is 2.31. The van der Waals surface area contributed by atoms with Gasteiger partial charge in [-0.15, -0.1) is 11.3 Å². The van der Waals surface area contributed by atoms with E-state index in [1.54, 1.807) is 5.51 Å². The van der Waals surface area contributed by atoms with Crippen LogP contribution in [0.5, 0.6) is 0 Å². The molecule has 3 amide bonds. The topological polar surface area (TPSA) is 126 Å². The van der Waals surface area contributed by atoms with Crippen LogP contribution in [0.1, 0.15) is 49.2 Å². The number of hydrogen-bond donors (Lipinski definition) is 3. The SMILES string of the molecule is CC(C)CC(NC(=O)OCc1ccccc1)C(=O)NC1CCCc2ncsc2CCNC(=O)C1=O. The number of aromatic nitrogens is 1. The molecule has 9 nitrogen and oxygen atoms in total. The van der Waals surface area contributed by atoms with Crippen LogP contribution in [0.4, 0.5) is 4.79 Å². The van der Waals surface area contributed by atoms with Gasteiger partial charge in [0, 0.05) is 17.8 Å². The van der Waals surface area contributed by atoms with Crippen molar-refractivity contribution in [3.05, 3.63) is 52.0 Å². The highest BCUT2D eigenvalue weighted by molar-refractivity contribution is 7.09. The molecule has 0 saturated heterocycles. The maximum atomic E-state index is 13.1. The van der Waals surface area contributed by atoms with Crippen LogP contribution >= 0.6 is 11.3 Å². The van der Waals surface area contributed by atoms with Crippen molar-refractivity contribution in [3.8, 4) is 0 Å². The zero-order valence-electron chi connectivity index (χ0n) is 20.0. The van der Waals surface area contributed by atoms with Gasteiger partial charge in [-0.2, -0.15) is 0 Å². The zero-order chi connectivity index (χ0) is 25.2. The quantitative estimate of drug-likeness (QED) is 0.502. The molecule has 0 aliphatic carbocycles. The number of aryl methyl sites for hydroxylation is 1. The molecule has 1 aliphatic heterocycles. The number of ether oxygens (including phenoxy) is 1. The molecule has 0 radical (unpaired) electrons. The number of rotatable bonds is 7. The molecule has 2 heterocycles. The second-order valence-electron chi connectivity index (χ2n) is 8.93. The number of thiazole rings is 1. The highest BCUT2D eigenvalue weighted by Crippen LogP contribution is 2.18. The summed E-state index contributed by atoms with van der Waals surface area (Å²) in [5.41, 5.74) is 3.57. The Kier molecular flexibility index (Phi) is 9.77. The first-order valence-electron chi connectivity index (χ1n) is 11.8. The summed E-state index contributed by atoms with van der Waals surface area (Å²) < 4.78 is 5.26. The fraction of sp³-hybridized carbons (Fsp3) is 0.480. The molecule has 0 spiro atoms. The van der Waals surface area contributed by atoms with Crippen molar-refractivity contribution in [1.29, 1.82) is 0 Å². The molecule has 10 heteroatoms. The number of fused-ring (bicyclic) bond motifs is 1. The number of amides is 3. The first kappa shape index (κ1) is 26.3. The van der Waals surface area contributed by atoms with Gasteiger partial charge in [-0.1, -0.05) is 44.2 Å². The number of alkyl carbamates (subject to hydrolysis) is 1. The van der Waals surface area contributed by atoms with Crippen molar-refractivity contribution in [2.75, 3.05) is 6.54 Å². The van der Waals surface area contributed by atoms with Gasteiger partial charge in [0.05, 0.1) is 17.2 Å². The molecular weight excluding hydrogens is 468 g/mol. The Labute approximate surface area is 209 Å². The Bertz CT molecular complexity index is 1020. The van der Waals surface area contributed by atoms with Gasteiger partial charge in [-0.25, -0.2) is 9.78 Å². The first-order chi connectivity index (χ1) is 16.8. The summed E-state index contributed by atoms with van der Waals surface area (Å²) >= 11 is 1.53. The molecule has 188 valence electrons. The minimum atomic E-state index is -0.987. The van der Waals surface area contributed by atoms with Crippen LogP contribution in [0, 0.1) is 5.92 Å². The molecule has 2 atom stereocenters. The Balaban J connectivity index is 1.64. The monoisotopic (exact) mass is 500 g/mol. The summed E-state index contributed by atoms with van der Waals surface area (Å²) in [5, 5.41) is 7.95. The molecule has 1 aromatic carbocycles. The predicted octanol–water partition coefficient (Wildman–Crippen LogP) is 2.53. The number of nitrogens with zero attached hydrogens (tertiary/aromatic N) is 1. The largest absolute Gasteiger partial charge is 0.445 e. The zero-order valence-corrected chi connectivity index (χ0v) is 20.9. The molecule has 0 saturated carbocycles. The van der Waals surface area contributed by atoms with E-state index in [0.717, 1.165) is 16.1 Å². The predicted molar refractivity (Wildman–Crippen MR) is 132 cm³/mol. The lowest BCUT2D eigenvalue weighted by Crippen LogP contribution is -2.54. The second kappa shape index (κ2) is 13.0.